The second-order valence-electron chi connectivity index (χ2n) is 8.15. The fraction of sp³-hybridized carbons (Fsp3) is 0.684. The number of nitrogens with one attached hydrogen (secondary N) is 1. The van der Waals surface area contributed by atoms with Gasteiger partial charge < -0.3 is 14.2 Å². The summed E-state index contributed by atoms with van der Waals surface area (Å²) >= 11 is 0. The number of amides is 1. The summed E-state index contributed by atoms with van der Waals surface area (Å²) in [5, 5.41) is 15.9. The largest absolute Gasteiger partial charge is 0.369 e. The molecule has 1 N–H and O–H groups in total. The minimum atomic E-state index is -0.0441. The Labute approximate surface area is 158 Å². The van der Waals surface area contributed by atoms with E-state index in [4.69, 9.17) is 4.74 Å². The monoisotopic (exact) mass is 370 g/mol. The number of aromatic amines is 1. The highest BCUT2D eigenvalue weighted by Gasteiger charge is 2.35. The predicted octanol–water partition coefficient (Wildman–Crippen LogP) is 2.38. The summed E-state index contributed by atoms with van der Waals surface area (Å²) in [6.45, 7) is 5.53. The number of likely N-dealkylation sites (tertiary alicyclic amines) is 1. The van der Waals surface area contributed by atoms with E-state index in [0.717, 1.165) is 49.4 Å². The van der Waals surface area contributed by atoms with Gasteiger partial charge in [-0.1, -0.05) is 0 Å². The Morgan fingerprint density at radius 2 is 2.00 bits per heavy atom. The molecule has 5 rings (SSSR count). The molecule has 3 aliphatic rings. The van der Waals surface area contributed by atoms with E-state index in [0.29, 0.717) is 17.7 Å². The zero-order valence-corrected chi connectivity index (χ0v) is 15.9. The summed E-state index contributed by atoms with van der Waals surface area (Å²) in [4.78, 5) is 15.0. The Morgan fingerprint density at radius 3 is 2.74 bits per heavy atom. The van der Waals surface area contributed by atoms with Crippen LogP contribution in [0.15, 0.2) is 6.33 Å². The molecule has 2 aromatic rings. The number of carbonyl (C=O) groups is 1. The first-order valence-corrected chi connectivity index (χ1v) is 10.0. The van der Waals surface area contributed by atoms with Gasteiger partial charge in [0.25, 0.3) is 5.91 Å². The van der Waals surface area contributed by atoms with Crippen molar-refractivity contribution in [2.24, 2.45) is 0 Å². The van der Waals surface area contributed by atoms with Crippen molar-refractivity contribution < 1.29 is 9.53 Å². The van der Waals surface area contributed by atoms with Gasteiger partial charge in [0, 0.05) is 37.0 Å². The van der Waals surface area contributed by atoms with Crippen LogP contribution in [0, 0.1) is 0 Å². The van der Waals surface area contributed by atoms with Gasteiger partial charge in [0.05, 0.1) is 17.9 Å². The molecule has 0 unspecified atom stereocenters. The molecule has 8 heteroatoms. The summed E-state index contributed by atoms with van der Waals surface area (Å²) in [7, 11) is 0. The van der Waals surface area contributed by atoms with Crippen LogP contribution in [0.4, 0.5) is 0 Å². The first-order chi connectivity index (χ1) is 13.1. The van der Waals surface area contributed by atoms with E-state index in [9.17, 15) is 4.79 Å². The van der Waals surface area contributed by atoms with Crippen LogP contribution in [0.25, 0.3) is 0 Å². The molecule has 1 saturated heterocycles. The highest BCUT2D eigenvalue weighted by molar-refractivity contribution is 5.94. The van der Waals surface area contributed by atoms with Crippen LogP contribution >= 0.6 is 0 Å². The number of aromatic nitrogens is 5. The van der Waals surface area contributed by atoms with Crippen LogP contribution in [0.2, 0.25) is 0 Å². The number of nitrogens with zero attached hydrogens (tertiary/aromatic N) is 5. The number of fused-ring (bicyclic) bond motifs is 1. The highest BCUT2D eigenvalue weighted by Crippen LogP contribution is 2.38. The fourth-order valence-electron chi connectivity index (χ4n) is 4.52. The Hall–Kier alpha value is -2.22. The van der Waals surface area contributed by atoms with Crippen molar-refractivity contribution in [3.8, 4) is 0 Å². The minimum absolute atomic E-state index is 0.0379. The molecule has 2 atom stereocenters. The van der Waals surface area contributed by atoms with Gasteiger partial charge in [0.15, 0.2) is 5.69 Å². The van der Waals surface area contributed by atoms with Gasteiger partial charge in [-0.2, -0.15) is 5.10 Å². The fourth-order valence-corrected chi connectivity index (χ4v) is 4.52. The van der Waals surface area contributed by atoms with Gasteiger partial charge in [0.2, 0.25) is 0 Å². The molecule has 0 bridgehead atoms. The van der Waals surface area contributed by atoms with E-state index >= 15 is 0 Å². The molecular weight excluding hydrogens is 344 g/mol. The van der Waals surface area contributed by atoms with Crippen molar-refractivity contribution in [3.05, 3.63) is 29.1 Å². The second-order valence-corrected chi connectivity index (χ2v) is 8.15. The van der Waals surface area contributed by atoms with Crippen LogP contribution in [0.3, 0.4) is 0 Å². The van der Waals surface area contributed by atoms with Gasteiger partial charge in [-0.15, -0.1) is 10.2 Å². The highest BCUT2D eigenvalue weighted by atomic mass is 16.5. The van der Waals surface area contributed by atoms with E-state index in [2.05, 4.69) is 25.0 Å². The maximum atomic E-state index is 13.1. The van der Waals surface area contributed by atoms with Crippen molar-refractivity contribution in [1.29, 1.82) is 0 Å². The Kier molecular flexibility index (Phi) is 4.03. The molecule has 8 nitrogen and oxygen atoms in total. The van der Waals surface area contributed by atoms with Gasteiger partial charge in [0.1, 0.15) is 12.2 Å². The summed E-state index contributed by atoms with van der Waals surface area (Å²) < 4.78 is 8.08. The number of H-pyrrole nitrogens is 1. The summed E-state index contributed by atoms with van der Waals surface area (Å²) in [6, 6.07) is 0.594. The first-order valence-electron chi connectivity index (χ1n) is 10.0. The van der Waals surface area contributed by atoms with E-state index < -0.39 is 0 Å². The van der Waals surface area contributed by atoms with Crippen molar-refractivity contribution in [2.45, 2.75) is 70.1 Å². The van der Waals surface area contributed by atoms with Gasteiger partial charge in [-0.05, 0) is 39.5 Å². The third-order valence-corrected chi connectivity index (χ3v) is 6.12. The number of piperidine rings is 1. The molecular formula is C19H26N6O2. The Morgan fingerprint density at radius 1 is 1.22 bits per heavy atom. The molecule has 27 heavy (non-hydrogen) atoms. The molecule has 1 amide bonds. The summed E-state index contributed by atoms with van der Waals surface area (Å²) in [6.07, 6.45) is 6.98. The van der Waals surface area contributed by atoms with Crippen molar-refractivity contribution in [3.63, 3.8) is 0 Å². The molecule has 0 aromatic carbocycles. The number of hydrogen-bond donors (Lipinski definition) is 1. The van der Waals surface area contributed by atoms with Crippen LogP contribution in [-0.4, -0.2) is 55.0 Å². The summed E-state index contributed by atoms with van der Waals surface area (Å²) in [5.74, 6) is 1.52. The lowest BCUT2D eigenvalue weighted by Gasteiger charge is -2.32. The van der Waals surface area contributed by atoms with Crippen LogP contribution in [-0.2, 0) is 11.2 Å². The third kappa shape index (κ3) is 2.96. The molecule has 1 aliphatic carbocycles. The SMILES string of the molecule is C[C@@H]1Cc2c(C(=O)N3CCC(c4nncn4C4CC4)CC3)n[nH]c2[C@H](C)O1. The predicted molar refractivity (Wildman–Crippen MR) is 97.4 cm³/mol. The quantitative estimate of drug-likeness (QED) is 0.896. The molecule has 2 fully saturated rings. The zero-order chi connectivity index (χ0) is 18.5. The van der Waals surface area contributed by atoms with E-state index in [1.54, 1.807) is 0 Å². The number of rotatable bonds is 3. The number of hydrogen-bond acceptors (Lipinski definition) is 5. The molecule has 4 heterocycles. The zero-order valence-electron chi connectivity index (χ0n) is 15.9. The third-order valence-electron chi connectivity index (χ3n) is 6.12. The molecule has 1 saturated carbocycles. The van der Waals surface area contributed by atoms with Gasteiger partial charge >= 0.3 is 0 Å². The minimum Gasteiger partial charge on any atom is -0.369 e. The second kappa shape index (κ2) is 6.44. The van der Waals surface area contributed by atoms with Crippen molar-refractivity contribution in [1.82, 2.24) is 29.9 Å². The maximum Gasteiger partial charge on any atom is 0.274 e. The average molecular weight is 370 g/mol. The molecule has 0 radical (unpaired) electrons. The summed E-state index contributed by atoms with van der Waals surface area (Å²) in [5.41, 5.74) is 2.55. The molecule has 2 aliphatic heterocycles. The Balaban J connectivity index is 1.29. The number of ether oxygens (including phenoxy) is 1. The lowest BCUT2D eigenvalue weighted by atomic mass is 9.94. The lowest BCUT2D eigenvalue weighted by molar-refractivity contribution is -0.00703. The van der Waals surface area contributed by atoms with Crippen molar-refractivity contribution in [2.75, 3.05) is 13.1 Å². The average Bonchev–Trinajstić information content (AvgIpc) is 3.23. The first kappa shape index (κ1) is 16.9. The normalized spacial score (nSPS) is 26.2. The topological polar surface area (TPSA) is 88.9 Å². The van der Waals surface area contributed by atoms with E-state index in [1.807, 2.05) is 25.1 Å². The molecule has 144 valence electrons. The Bertz CT molecular complexity index is 846. The lowest BCUT2D eigenvalue weighted by Crippen LogP contribution is -2.39. The standard InChI is InChI=1S/C19H26N6O2/c1-11-9-15-16(12(2)27-11)21-22-17(15)19(26)24-7-5-13(6-8-24)18-23-20-10-25(18)14-3-4-14/h10-14H,3-9H2,1-2H3,(H,21,22)/t11-,12+/m1/s1. The number of carbonyl (C=O) groups excluding carboxylic acids is 1. The van der Waals surface area contributed by atoms with Gasteiger partial charge in [-0.3, -0.25) is 9.89 Å². The van der Waals surface area contributed by atoms with Crippen LogP contribution in [0.1, 0.15) is 85.2 Å². The van der Waals surface area contributed by atoms with E-state index in [-0.39, 0.29) is 18.1 Å². The molecule has 2 aromatic heterocycles. The molecule has 0 spiro atoms. The van der Waals surface area contributed by atoms with Crippen LogP contribution < -0.4 is 0 Å². The van der Waals surface area contributed by atoms with Crippen molar-refractivity contribution >= 4 is 5.91 Å². The smallest absolute Gasteiger partial charge is 0.274 e. The van der Waals surface area contributed by atoms with Crippen LogP contribution in [0.5, 0.6) is 0 Å². The maximum absolute atomic E-state index is 13.1. The van der Waals surface area contributed by atoms with Gasteiger partial charge in [-0.25, -0.2) is 0 Å². The van der Waals surface area contributed by atoms with E-state index in [1.165, 1.54) is 12.8 Å².